The van der Waals surface area contributed by atoms with Crippen molar-refractivity contribution in [2.24, 2.45) is 0 Å². The monoisotopic (exact) mass is 329 g/mol. The molecule has 0 N–H and O–H groups in total. The average molecular weight is 329 g/mol. The standard InChI is InChI=1S/C14H25BNO5P/c1-6-11-12(21-22(5)19-8-7-16-3)13(14(15)20-11)18-9-10(2)17-4/h10-14H,6-9H2,1-2,4-5H3/t10?,11-,12?,13+,14-,22?/m1/s1. The molecule has 0 aromatic heterocycles. The van der Waals surface area contributed by atoms with Crippen LogP contribution in [-0.2, 0) is 23.3 Å². The van der Waals surface area contributed by atoms with E-state index in [4.69, 9.17) is 37.7 Å². The van der Waals surface area contributed by atoms with E-state index in [1.165, 1.54) is 0 Å². The van der Waals surface area contributed by atoms with Gasteiger partial charge in [0.1, 0.15) is 26.7 Å². The zero-order valence-corrected chi connectivity index (χ0v) is 14.6. The molecule has 1 saturated heterocycles. The third-order valence-corrected chi connectivity index (χ3v) is 4.51. The van der Waals surface area contributed by atoms with Gasteiger partial charge in [0.25, 0.3) is 0 Å². The summed E-state index contributed by atoms with van der Waals surface area (Å²) in [7, 11) is 6.56. The van der Waals surface area contributed by atoms with Crippen molar-refractivity contribution in [3.63, 3.8) is 0 Å². The predicted octanol–water partition coefficient (Wildman–Crippen LogP) is 1.97. The maximum absolute atomic E-state index is 6.75. The molecule has 0 amide bonds. The summed E-state index contributed by atoms with van der Waals surface area (Å²) in [6.07, 6.45) is 0.0208. The van der Waals surface area contributed by atoms with Crippen molar-refractivity contribution >= 4 is 16.2 Å². The van der Waals surface area contributed by atoms with Crippen molar-refractivity contribution in [2.75, 3.05) is 33.5 Å². The number of nitrogens with zero attached hydrogens (tertiary/aromatic N) is 1. The van der Waals surface area contributed by atoms with Gasteiger partial charge in [0.2, 0.25) is 6.54 Å². The zero-order chi connectivity index (χ0) is 16.5. The Bertz CT molecular complexity index is 357. The van der Waals surface area contributed by atoms with Gasteiger partial charge >= 0.3 is 0 Å². The highest BCUT2D eigenvalue weighted by Crippen LogP contribution is 2.40. The summed E-state index contributed by atoms with van der Waals surface area (Å²) in [6.45, 7) is 13.7. The minimum atomic E-state index is -1.10. The highest BCUT2D eigenvalue weighted by Gasteiger charge is 2.44. The van der Waals surface area contributed by atoms with Crippen molar-refractivity contribution in [3.8, 4) is 0 Å². The Balaban J connectivity index is 2.57. The molecule has 1 heterocycles. The maximum Gasteiger partial charge on any atom is 0.238 e. The maximum atomic E-state index is 6.75. The molecule has 0 aromatic carbocycles. The third-order valence-electron chi connectivity index (χ3n) is 3.42. The molecule has 1 aliphatic rings. The Kier molecular flexibility index (Phi) is 9.50. The first-order valence-electron chi connectivity index (χ1n) is 7.45. The molecule has 0 bridgehead atoms. The Morgan fingerprint density at radius 2 is 2.14 bits per heavy atom. The van der Waals surface area contributed by atoms with E-state index in [0.29, 0.717) is 19.8 Å². The van der Waals surface area contributed by atoms with Gasteiger partial charge in [-0.05, 0) is 13.3 Å². The minimum Gasteiger partial charge on any atom is -0.379 e. The van der Waals surface area contributed by atoms with Crippen LogP contribution >= 0.6 is 8.38 Å². The molecule has 3 unspecified atom stereocenters. The van der Waals surface area contributed by atoms with Crippen LogP contribution < -0.4 is 0 Å². The number of ether oxygens (including phenoxy) is 3. The fourth-order valence-electron chi connectivity index (χ4n) is 2.13. The van der Waals surface area contributed by atoms with Gasteiger partial charge in [-0.25, -0.2) is 6.57 Å². The van der Waals surface area contributed by atoms with Crippen molar-refractivity contribution in [3.05, 3.63) is 11.4 Å². The SMILES string of the molecule is [B][C@@H]1O[C@H](CC)C(OP(C)OCC[N+]#[C-])[C@@H]1OCC(C)OC. The van der Waals surface area contributed by atoms with E-state index in [1.54, 1.807) is 7.11 Å². The first-order chi connectivity index (χ1) is 10.5. The van der Waals surface area contributed by atoms with E-state index in [2.05, 4.69) is 4.85 Å². The molecule has 1 rings (SSSR count). The molecule has 6 atom stereocenters. The highest BCUT2D eigenvalue weighted by atomic mass is 31.2. The van der Waals surface area contributed by atoms with Crippen LogP contribution in [-0.4, -0.2) is 71.8 Å². The van der Waals surface area contributed by atoms with Crippen molar-refractivity contribution in [1.82, 2.24) is 0 Å². The fraction of sp³-hybridized carbons (Fsp3) is 0.929. The van der Waals surface area contributed by atoms with Crippen LogP contribution in [0.1, 0.15) is 20.3 Å². The van der Waals surface area contributed by atoms with Gasteiger partial charge in [-0.1, -0.05) is 6.92 Å². The summed E-state index contributed by atoms with van der Waals surface area (Å²) in [5.41, 5.74) is 0. The average Bonchev–Trinajstić information content (AvgIpc) is 2.80. The van der Waals surface area contributed by atoms with Crippen LogP contribution in [0.25, 0.3) is 4.85 Å². The quantitative estimate of drug-likeness (QED) is 0.265. The van der Waals surface area contributed by atoms with Gasteiger partial charge in [0, 0.05) is 19.8 Å². The third kappa shape index (κ3) is 6.12. The molecule has 2 radical (unpaired) electrons. The smallest absolute Gasteiger partial charge is 0.238 e. The fourth-order valence-corrected chi connectivity index (χ4v) is 3.13. The Morgan fingerprint density at radius 3 is 2.73 bits per heavy atom. The molecular formula is C14H25BNO5P. The molecule has 8 heteroatoms. The Labute approximate surface area is 135 Å². The van der Waals surface area contributed by atoms with E-state index >= 15 is 0 Å². The summed E-state index contributed by atoms with van der Waals surface area (Å²) in [4.78, 5) is 3.25. The van der Waals surface area contributed by atoms with Crippen LogP contribution in [0.5, 0.6) is 0 Å². The molecule has 1 fully saturated rings. The topological polar surface area (TPSA) is 50.5 Å². The normalized spacial score (nSPS) is 30.9. The van der Waals surface area contributed by atoms with Gasteiger partial charge in [-0.2, -0.15) is 0 Å². The van der Waals surface area contributed by atoms with Crippen LogP contribution in [0.15, 0.2) is 0 Å². The van der Waals surface area contributed by atoms with E-state index in [1.807, 2.05) is 20.5 Å². The summed E-state index contributed by atoms with van der Waals surface area (Å²) < 4.78 is 28.2. The van der Waals surface area contributed by atoms with E-state index in [9.17, 15) is 0 Å². The Hall–Kier alpha value is -0.215. The Morgan fingerprint density at radius 1 is 1.41 bits per heavy atom. The first-order valence-corrected chi connectivity index (χ1v) is 9.08. The van der Waals surface area contributed by atoms with Crippen molar-refractivity contribution < 1.29 is 23.3 Å². The number of rotatable bonds is 10. The largest absolute Gasteiger partial charge is 0.379 e. The lowest BCUT2D eigenvalue weighted by Gasteiger charge is -2.27. The molecule has 124 valence electrons. The number of hydrogen-bond acceptors (Lipinski definition) is 5. The molecule has 0 saturated carbocycles. The van der Waals surface area contributed by atoms with E-state index in [0.717, 1.165) is 6.42 Å². The minimum absolute atomic E-state index is 0.0217. The molecule has 0 aliphatic carbocycles. The molecule has 22 heavy (non-hydrogen) atoms. The molecular weight excluding hydrogens is 304 g/mol. The molecule has 1 aliphatic heterocycles. The van der Waals surface area contributed by atoms with Gasteiger partial charge < -0.3 is 28.1 Å². The lowest BCUT2D eigenvalue weighted by atomic mass is 9.92. The predicted molar refractivity (Wildman–Crippen MR) is 86.1 cm³/mol. The summed E-state index contributed by atoms with van der Waals surface area (Å²) in [5, 5.41) is 0. The molecule has 0 spiro atoms. The first kappa shape index (κ1) is 19.8. The van der Waals surface area contributed by atoms with Gasteiger partial charge in [-0.3, -0.25) is 0 Å². The highest BCUT2D eigenvalue weighted by molar-refractivity contribution is 7.46. The zero-order valence-electron chi connectivity index (χ0n) is 13.7. The summed E-state index contributed by atoms with van der Waals surface area (Å²) >= 11 is 0. The van der Waals surface area contributed by atoms with E-state index < -0.39 is 14.4 Å². The second-order valence-electron chi connectivity index (χ2n) is 5.12. The lowest BCUT2D eigenvalue weighted by Crippen LogP contribution is -2.38. The van der Waals surface area contributed by atoms with Crippen LogP contribution in [0.4, 0.5) is 0 Å². The van der Waals surface area contributed by atoms with Gasteiger partial charge in [0.05, 0.1) is 18.8 Å². The summed E-state index contributed by atoms with van der Waals surface area (Å²) in [5.74, 6) is 0. The van der Waals surface area contributed by atoms with Crippen molar-refractivity contribution in [1.29, 1.82) is 0 Å². The van der Waals surface area contributed by atoms with E-state index in [-0.39, 0.29) is 24.4 Å². The van der Waals surface area contributed by atoms with Crippen LogP contribution in [0, 0.1) is 6.57 Å². The number of methoxy groups -OCH3 is 1. The summed E-state index contributed by atoms with van der Waals surface area (Å²) in [6, 6.07) is -0.523. The van der Waals surface area contributed by atoms with Crippen molar-refractivity contribution in [2.45, 2.75) is 50.7 Å². The second kappa shape index (κ2) is 10.5. The van der Waals surface area contributed by atoms with Crippen LogP contribution in [0.2, 0.25) is 0 Å². The second-order valence-corrected chi connectivity index (χ2v) is 6.46. The van der Waals surface area contributed by atoms with Gasteiger partial charge in [-0.15, -0.1) is 0 Å². The lowest BCUT2D eigenvalue weighted by molar-refractivity contribution is -0.0538. The number of hydrogen-bond donors (Lipinski definition) is 0. The molecule has 6 nitrogen and oxygen atoms in total. The molecule has 0 aromatic rings. The van der Waals surface area contributed by atoms with Crippen LogP contribution in [0.3, 0.4) is 0 Å². The van der Waals surface area contributed by atoms with Gasteiger partial charge in [0.15, 0.2) is 8.38 Å².